The van der Waals surface area contributed by atoms with Crippen molar-refractivity contribution in [1.82, 2.24) is 15.2 Å². The number of amides is 1. The van der Waals surface area contributed by atoms with Crippen molar-refractivity contribution in [3.63, 3.8) is 0 Å². The number of halogens is 1. The van der Waals surface area contributed by atoms with E-state index >= 15 is 0 Å². The molecule has 3 aliphatic rings. The Kier molecular flexibility index (Phi) is 2.41. The van der Waals surface area contributed by atoms with E-state index in [-0.39, 0.29) is 18.0 Å². The minimum Gasteiger partial charge on any atom is -0.437 e. The van der Waals surface area contributed by atoms with Crippen LogP contribution in [-0.2, 0) is 4.74 Å². The Hall–Kier alpha value is -1.89. The number of piperazine rings is 1. The number of fused-ring (bicyclic) bond motifs is 2. The van der Waals surface area contributed by atoms with E-state index in [1.165, 1.54) is 12.3 Å². The number of carbonyl (C=O) groups excluding carboxylic acids is 1. The van der Waals surface area contributed by atoms with Gasteiger partial charge in [-0.1, -0.05) is 0 Å². The summed E-state index contributed by atoms with van der Waals surface area (Å²) in [5, 5.41) is 3.30. The van der Waals surface area contributed by atoms with Gasteiger partial charge in [-0.15, -0.1) is 0 Å². The molecule has 7 heteroatoms. The Morgan fingerprint density at radius 3 is 3.05 bits per heavy atom. The fraction of sp³-hybridized carbons (Fsp3) is 0.538. The highest BCUT2D eigenvalue weighted by molar-refractivity contribution is 5.73. The molecule has 3 fully saturated rings. The molecule has 106 valence electrons. The topological polar surface area (TPSA) is 57.7 Å². The number of rotatable bonds is 1. The molecule has 0 aliphatic carbocycles. The predicted molar refractivity (Wildman–Crippen MR) is 69.0 cm³/mol. The van der Waals surface area contributed by atoms with E-state index < -0.39 is 5.60 Å². The third-order valence-electron chi connectivity index (χ3n) is 4.33. The summed E-state index contributed by atoms with van der Waals surface area (Å²) in [5.41, 5.74) is -0.444. The smallest absolute Gasteiger partial charge is 0.411 e. The summed E-state index contributed by atoms with van der Waals surface area (Å²) in [7, 11) is 0. The Labute approximate surface area is 115 Å². The second-order valence-electron chi connectivity index (χ2n) is 5.54. The van der Waals surface area contributed by atoms with Crippen molar-refractivity contribution < 1.29 is 13.9 Å². The third-order valence-corrected chi connectivity index (χ3v) is 4.33. The summed E-state index contributed by atoms with van der Waals surface area (Å²) in [6.07, 6.45) is 0.985. The van der Waals surface area contributed by atoms with Crippen molar-refractivity contribution in [3.05, 3.63) is 24.1 Å². The molecule has 4 heterocycles. The number of carbonyl (C=O) groups is 1. The lowest BCUT2D eigenvalue weighted by atomic mass is 9.85. The highest BCUT2D eigenvalue weighted by Crippen LogP contribution is 2.39. The molecule has 1 spiro atoms. The maximum atomic E-state index is 12.9. The lowest BCUT2D eigenvalue weighted by Gasteiger charge is -2.50. The number of nitrogens with one attached hydrogen (secondary N) is 1. The molecule has 1 N–H and O–H groups in total. The first-order valence-electron chi connectivity index (χ1n) is 6.75. The van der Waals surface area contributed by atoms with E-state index in [0.29, 0.717) is 19.6 Å². The fourth-order valence-corrected chi connectivity index (χ4v) is 3.29. The van der Waals surface area contributed by atoms with Crippen LogP contribution in [0.15, 0.2) is 18.3 Å². The molecule has 0 radical (unpaired) electrons. The van der Waals surface area contributed by atoms with Crippen LogP contribution >= 0.6 is 0 Å². The van der Waals surface area contributed by atoms with Crippen molar-refractivity contribution >= 4 is 11.9 Å². The molecular weight excluding hydrogens is 263 g/mol. The van der Waals surface area contributed by atoms with Gasteiger partial charge in [-0.2, -0.15) is 0 Å². The van der Waals surface area contributed by atoms with E-state index in [1.807, 2.05) is 9.80 Å². The Morgan fingerprint density at radius 2 is 2.30 bits per heavy atom. The highest BCUT2D eigenvalue weighted by Gasteiger charge is 2.61. The number of ether oxygens (including phenoxy) is 1. The van der Waals surface area contributed by atoms with Crippen molar-refractivity contribution in [3.8, 4) is 0 Å². The van der Waals surface area contributed by atoms with Crippen molar-refractivity contribution in [2.75, 3.05) is 37.6 Å². The van der Waals surface area contributed by atoms with E-state index in [0.717, 1.165) is 18.9 Å². The normalized spacial score (nSPS) is 27.2. The molecule has 0 saturated carbocycles. The number of anilines is 1. The minimum atomic E-state index is -0.444. The van der Waals surface area contributed by atoms with Gasteiger partial charge >= 0.3 is 6.09 Å². The summed E-state index contributed by atoms with van der Waals surface area (Å²) in [6.45, 7) is 3.49. The van der Waals surface area contributed by atoms with Gasteiger partial charge in [0.2, 0.25) is 0 Å². The van der Waals surface area contributed by atoms with Crippen molar-refractivity contribution in [2.24, 2.45) is 0 Å². The first-order chi connectivity index (χ1) is 9.68. The van der Waals surface area contributed by atoms with E-state index in [2.05, 4.69) is 10.3 Å². The second-order valence-corrected chi connectivity index (χ2v) is 5.54. The third kappa shape index (κ3) is 1.59. The first-order valence-corrected chi connectivity index (χ1v) is 6.75. The van der Waals surface area contributed by atoms with Gasteiger partial charge < -0.3 is 15.0 Å². The zero-order valence-electron chi connectivity index (χ0n) is 10.9. The average molecular weight is 278 g/mol. The molecule has 1 amide bonds. The van der Waals surface area contributed by atoms with E-state index in [9.17, 15) is 9.18 Å². The van der Waals surface area contributed by atoms with Crippen LogP contribution in [0.1, 0.15) is 0 Å². The lowest BCUT2D eigenvalue weighted by molar-refractivity contribution is 0.00648. The summed E-state index contributed by atoms with van der Waals surface area (Å²) >= 11 is 0. The zero-order chi connectivity index (χ0) is 13.7. The van der Waals surface area contributed by atoms with E-state index in [4.69, 9.17) is 4.74 Å². The molecule has 6 nitrogen and oxygen atoms in total. The SMILES string of the molecule is O=C1OC2(CN(c3ccc(F)cn3)C2)C2CNCCN12. The van der Waals surface area contributed by atoms with Gasteiger partial charge in [-0.25, -0.2) is 14.2 Å². The monoisotopic (exact) mass is 278 g/mol. The molecule has 0 aromatic carbocycles. The quantitative estimate of drug-likeness (QED) is 0.795. The molecule has 1 aromatic heterocycles. The van der Waals surface area contributed by atoms with Crippen LogP contribution in [0.2, 0.25) is 0 Å². The maximum Gasteiger partial charge on any atom is 0.411 e. The Balaban J connectivity index is 1.52. The summed E-state index contributed by atoms with van der Waals surface area (Å²) in [6, 6.07) is 3.12. The Bertz CT molecular complexity index is 544. The fourth-order valence-electron chi connectivity index (χ4n) is 3.29. The molecular formula is C13H15FN4O2. The summed E-state index contributed by atoms with van der Waals surface area (Å²) < 4.78 is 18.5. The van der Waals surface area contributed by atoms with Crippen LogP contribution < -0.4 is 10.2 Å². The molecule has 4 rings (SSSR count). The van der Waals surface area contributed by atoms with Gasteiger partial charge in [0.05, 0.1) is 25.3 Å². The highest BCUT2D eigenvalue weighted by atomic mass is 19.1. The van der Waals surface area contributed by atoms with E-state index in [1.54, 1.807) is 6.07 Å². The standard InChI is InChI=1S/C13H15FN4O2/c14-9-1-2-11(16-5-9)17-7-13(8-17)10-6-15-3-4-18(10)12(19)20-13/h1-2,5,10,15H,3-4,6-8H2. The molecule has 1 atom stereocenters. The molecule has 3 aliphatic heterocycles. The maximum absolute atomic E-state index is 12.9. The number of aromatic nitrogens is 1. The number of pyridine rings is 1. The average Bonchev–Trinajstić information content (AvgIpc) is 2.73. The van der Waals surface area contributed by atoms with Crippen LogP contribution in [0.5, 0.6) is 0 Å². The lowest BCUT2D eigenvalue weighted by Crippen LogP contribution is -2.71. The van der Waals surface area contributed by atoms with Crippen molar-refractivity contribution in [2.45, 2.75) is 11.6 Å². The van der Waals surface area contributed by atoms with Gasteiger partial charge in [0.25, 0.3) is 0 Å². The summed E-state index contributed by atoms with van der Waals surface area (Å²) in [4.78, 5) is 19.8. The molecule has 20 heavy (non-hydrogen) atoms. The number of hydrogen-bond donors (Lipinski definition) is 1. The van der Waals surface area contributed by atoms with Gasteiger partial charge in [-0.05, 0) is 12.1 Å². The Morgan fingerprint density at radius 1 is 1.45 bits per heavy atom. The first kappa shape index (κ1) is 11.9. The van der Waals surface area contributed by atoms with Crippen LogP contribution in [0.4, 0.5) is 15.0 Å². The zero-order valence-corrected chi connectivity index (χ0v) is 10.9. The van der Waals surface area contributed by atoms with Crippen LogP contribution in [0, 0.1) is 5.82 Å². The largest absolute Gasteiger partial charge is 0.437 e. The van der Waals surface area contributed by atoms with Gasteiger partial charge in [0.15, 0.2) is 5.60 Å². The predicted octanol–water partition coefficient (Wildman–Crippen LogP) is 0.203. The molecule has 1 unspecified atom stereocenters. The molecule has 3 saturated heterocycles. The van der Waals surface area contributed by atoms with Crippen LogP contribution in [0.25, 0.3) is 0 Å². The van der Waals surface area contributed by atoms with Gasteiger partial charge in [0, 0.05) is 19.6 Å². The second kappa shape index (κ2) is 4.05. The van der Waals surface area contributed by atoms with Crippen LogP contribution in [-0.4, -0.2) is 60.3 Å². The van der Waals surface area contributed by atoms with Crippen molar-refractivity contribution in [1.29, 1.82) is 0 Å². The molecule has 0 bridgehead atoms. The van der Waals surface area contributed by atoms with Gasteiger partial charge in [-0.3, -0.25) is 4.90 Å². The minimum absolute atomic E-state index is 0.0837. The number of nitrogens with zero attached hydrogens (tertiary/aromatic N) is 3. The van der Waals surface area contributed by atoms with Crippen LogP contribution in [0.3, 0.4) is 0 Å². The van der Waals surface area contributed by atoms with Gasteiger partial charge in [0.1, 0.15) is 11.6 Å². The molecule has 1 aromatic rings. The summed E-state index contributed by atoms with van der Waals surface area (Å²) in [5.74, 6) is 0.370. The number of hydrogen-bond acceptors (Lipinski definition) is 5.